The summed E-state index contributed by atoms with van der Waals surface area (Å²) in [5, 5.41) is 0. The Labute approximate surface area is 199 Å². The van der Waals surface area contributed by atoms with Gasteiger partial charge in [-0.3, -0.25) is 0 Å². The Morgan fingerprint density at radius 3 is 2.23 bits per heavy atom. The molecule has 2 aromatic carbocycles. The third-order valence-corrected chi connectivity index (χ3v) is 5.93. The molecule has 2 aromatic rings. The average Bonchev–Trinajstić information content (AvgIpc) is 2.77. The van der Waals surface area contributed by atoms with Crippen LogP contribution in [0.3, 0.4) is 0 Å². The van der Waals surface area contributed by atoms with Crippen LogP contribution in [0.2, 0.25) is 0 Å². The van der Waals surface area contributed by atoms with E-state index in [0.717, 1.165) is 0 Å². The van der Waals surface area contributed by atoms with Gasteiger partial charge in [0.2, 0.25) is 0 Å². The molecule has 0 saturated heterocycles. The van der Waals surface area contributed by atoms with Crippen LogP contribution >= 0.6 is 0 Å². The van der Waals surface area contributed by atoms with Crippen molar-refractivity contribution in [1.29, 1.82) is 0 Å². The van der Waals surface area contributed by atoms with Gasteiger partial charge in [0.15, 0.2) is 0 Å². The van der Waals surface area contributed by atoms with Gasteiger partial charge in [0.1, 0.15) is 12.4 Å². The van der Waals surface area contributed by atoms with E-state index in [1.807, 2.05) is 0 Å². The summed E-state index contributed by atoms with van der Waals surface area (Å²) in [5.74, 6) is -2.46. The number of hydrogen-bond donors (Lipinski definition) is 2. The molecule has 0 radical (unpaired) electrons. The van der Waals surface area contributed by atoms with Gasteiger partial charge in [-0.15, -0.1) is 0 Å². The van der Waals surface area contributed by atoms with Gasteiger partial charge in [0.05, 0.1) is 5.92 Å². The van der Waals surface area contributed by atoms with E-state index >= 15 is 0 Å². The molecule has 35 heavy (non-hydrogen) atoms. The zero-order chi connectivity index (χ0) is 25.6. The van der Waals surface area contributed by atoms with Crippen LogP contribution in [-0.4, -0.2) is 18.3 Å². The minimum atomic E-state index is -4.28. The first-order valence-electron chi connectivity index (χ1n) is 11.1. The Morgan fingerprint density at radius 2 is 1.63 bits per heavy atom. The zero-order valence-electron chi connectivity index (χ0n) is 18.9. The smallest absolute Gasteiger partial charge is 0.400 e. The molecule has 3 rings (SSSR count). The molecular weight excluding hydrogens is 471 g/mol. The molecule has 0 aliphatic heterocycles. The number of carbonyl (C=O) groups is 1. The average molecular weight is 498 g/mol. The summed E-state index contributed by atoms with van der Waals surface area (Å²) in [6, 6.07) is 10.5. The molecule has 0 atom stereocenters. The van der Waals surface area contributed by atoms with Crippen molar-refractivity contribution in [1.82, 2.24) is 0 Å². The van der Waals surface area contributed by atoms with Gasteiger partial charge in [-0.2, -0.15) is 22.0 Å². The van der Waals surface area contributed by atoms with E-state index in [0.29, 0.717) is 22.5 Å². The lowest BCUT2D eigenvalue weighted by atomic mass is 9.80. The van der Waals surface area contributed by atoms with Gasteiger partial charge in [-0.1, -0.05) is 18.2 Å². The molecule has 0 amide bonds. The molecule has 0 heterocycles. The number of anilines is 2. The maximum absolute atomic E-state index is 14.6. The number of benzene rings is 2. The van der Waals surface area contributed by atoms with Gasteiger partial charge in [0, 0.05) is 29.4 Å². The number of carbonyl (C=O) groups excluding carboxylic acids is 1. The van der Waals surface area contributed by atoms with E-state index in [-0.39, 0.29) is 38.0 Å². The van der Waals surface area contributed by atoms with Crippen LogP contribution in [0.25, 0.3) is 6.08 Å². The number of ether oxygens (including phenoxy) is 2. The van der Waals surface area contributed by atoms with Gasteiger partial charge in [0.25, 0.3) is 0 Å². The number of rotatable bonds is 8. The molecule has 190 valence electrons. The van der Waals surface area contributed by atoms with Crippen LogP contribution in [-0.2, 0) is 16.1 Å². The van der Waals surface area contributed by atoms with Crippen LogP contribution in [0.5, 0.6) is 5.75 Å². The van der Waals surface area contributed by atoms with Crippen LogP contribution in [0, 0.1) is 11.8 Å². The van der Waals surface area contributed by atoms with E-state index < -0.39 is 36.5 Å². The molecule has 0 unspecified atom stereocenters. The van der Waals surface area contributed by atoms with Gasteiger partial charge in [-0.25, -0.2) is 4.79 Å². The SMILES string of the molecule is Nc1ccc(COC(=O)/C=C/c2ccc(OC(F)(F)C3CCC(CC(F)(F)F)CC3)cc2)c(N)c1. The highest BCUT2D eigenvalue weighted by Crippen LogP contribution is 2.42. The second kappa shape index (κ2) is 11.0. The predicted octanol–water partition coefficient (Wildman–Crippen LogP) is 6.34. The Kier molecular flexibility index (Phi) is 8.24. The molecule has 0 spiro atoms. The van der Waals surface area contributed by atoms with Crippen molar-refractivity contribution >= 4 is 23.4 Å². The number of alkyl halides is 5. The van der Waals surface area contributed by atoms with E-state index in [9.17, 15) is 26.7 Å². The molecule has 0 bridgehead atoms. The predicted molar refractivity (Wildman–Crippen MR) is 122 cm³/mol. The molecule has 1 saturated carbocycles. The minimum Gasteiger partial charge on any atom is -0.458 e. The lowest BCUT2D eigenvalue weighted by Gasteiger charge is -2.33. The maximum atomic E-state index is 14.6. The highest BCUT2D eigenvalue weighted by molar-refractivity contribution is 5.87. The van der Waals surface area contributed by atoms with Crippen molar-refractivity contribution in [2.24, 2.45) is 11.8 Å². The third-order valence-electron chi connectivity index (χ3n) is 5.93. The summed E-state index contributed by atoms with van der Waals surface area (Å²) in [4.78, 5) is 11.9. The van der Waals surface area contributed by atoms with Crippen LogP contribution in [0.15, 0.2) is 48.5 Å². The maximum Gasteiger partial charge on any atom is 0.400 e. The first-order valence-corrected chi connectivity index (χ1v) is 11.1. The summed E-state index contributed by atoms with van der Waals surface area (Å²) in [6.07, 6.45) is -5.94. The fourth-order valence-electron chi connectivity index (χ4n) is 4.02. The van der Waals surface area contributed by atoms with Gasteiger partial charge < -0.3 is 20.9 Å². The topological polar surface area (TPSA) is 87.6 Å². The summed E-state index contributed by atoms with van der Waals surface area (Å²) in [7, 11) is 0. The Hall–Kier alpha value is -3.30. The first kappa shape index (κ1) is 26.3. The van der Waals surface area contributed by atoms with E-state index in [2.05, 4.69) is 0 Å². The highest BCUT2D eigenvalue weighted by Gasteiger charge is 2.45. The Balaban J connectivity index is 1.48. The first-order chi connectivity index (χ1) is 16.4. The molecule has 10 heteroatoms. The van der Waals surface area contributed by atoms with Crippen LogP contribution in [0.1, 0.15) is 43.2 Å². The minimum absolute atomic E-state index is 0.0291. The van der Waals surface area contributed by atoms with Crippen molar-refractivity contribution in [3.63, 3.8) is 0 Å². The molecule has 4 N–H and O–H groups in total. The number of nitrogens with two attached hydrogens (primary N) is 2. The molecule has 1 aliphatic rings. The van der Waals surface area contributed by atoms with Crippen molar-refractivity contribution in [2.45, 2.75) is 51.0 Å². The molecule has 5 nitrogen and oxygen atoms in total. The van der Waals surface area contributed by atoms with Gasteiger partial charge >= 0.3 is 18.3 Å². The largest absolute Gasteiger partial charge is 0.458 e. The Morgan fingerprint density at radius 1 is 0.971 bits per heavy atom. The van der Waals surface area contributed by atoms with Crippen LogP contribution < -0.4 is 16.2 Å². The second-order valence-corrected chi connectivity index (χ2v) is 8.67. The summed E-state index contributed by atoms with van der Waals surface area (Å²) >= 11 is 0. The lowest BCUT2D eigenvalue weighted by Crippen LogP contribution is -2.37. The number of esters is 1. The zero-order valence-corrected chi connectivity index (χ0v) is 18.9. The standard InChI is InChI=1S/C25H27F5N2O3/c26-24(27,28)14-17-1-7-19(8-2-17)25(29,30)35-21-10-3-16(4-11-21)5-12-23(33)34-15-18-6-9-20(31)13-22(18)32/h3-6,9-13,17,19H,1-2,7-8,14-15,31-32H2/b12-5+. The monoisotopic (exact) mass is 498 g/mol. The van der Waals surface area contributed by atoms with E-state index in [1.54, 1.807) is 18.2 Å². The highest BCUT2D eigenvalue weighted by atomic mass is 19.4. The summed E-state index contributed by atoms with van der Waals surface area (Å²) in [5.41, 5.74) is 13.5. The van der Waals surface area contributed by atoms with Gasteiger partial charge in [-0.05, 0) is 67.5 Å². The fraction of sp³-hybridized carbons (Fsp3) is 0.400. The normalized spacial score (nSPS) is 19.0. The number of halogens is 5. The summed E-state index contributed by atoms with van der Waals surface area (Å²) < 4.78 is 76.7. The number of nitrogen functional groups attached to an aromatic ring is 2. The molecule has 0 aromatic heterocycles. The molecule has 1 aliphatic carbocycles. The van der Waals surface area contributed by atoms with Crippen molar-refractivity contribution in [3.05, 3.63) is 59.7 Å². The van der Waals surface area contributed by atoms with Crippen molar-refractivity contribution in [2.75, 3.05) is 11.5 Å². The molecular formula is C25H27F5N2O3. The van der Waals surface area contributed by atoms with Crippen molar-refractivity contribution in [3.8, 4) is 5.75 Å². The fourth-order valence-corrected chi connectivity index (χ4v) is 4.02. The number of hydrogen-bond acceptors (Lipinski definition) is 5. The quantitative estimate of drug-likeness (QED) is 0.192. The van der Waals surface area contributed by atoms with Crippen molar-refractivity contribution < 1.29 is 36.2 Å². The van der Waals surface area contributed by atoms with E-state index in [1.165, 1.54) is 36.4 Å². The second-order valence-electron chi connectivity index (χ2n) is 8.67. The lowest BCUT2D eigenvalue weighted by molar-refractivity contribution is -0.225. The molecule has 1 fully saturated rings. The van der Waals surface area contributed by atoms with Crippen LogP contribution in [0.4, 0.5) is 33.3 Å². The summed E-state index contributed by atoms with van der Waals surface area (Å²) in [6.45, 7) is -0.0325. The third kappa shape index (κ3) is 8.15. The Bertz CT molecular complexity index is 1030. The van der Waals surface area contributed by atoms with E-state index in [4.69, 9.17) is 20.9 Å².